The van der Waals surface area contributed by atoms with Gasteiger partial charge in [0.05, 0.1) is 22.1 Å². The highest BCUT2D eigenvalue weighted by molar-refractivity contribution is 6.58. The molecule has 84 heavy (non-hydrogen) atoms. The SMILES string of the molecule is Cc1c2ccccc2c(-c2ccccc2)c2ccccc12.Cc1ccc2c(c1)c1ccccc1n2-c1ccc(-c2c3ccccc3c(-c3ccccc3)c3ccccc23)cc1.Cc1ccc2c(c1)c1ccccc1n2-c1ccc(B(O)O)cc1. The highest BCUT2D eigenvalue weighted by atomic mass is 16.4. The predicted octanol–water partition coefficient (Wildman–Crippen LogP) is 19.5. The smallest absolute Gasteiger partial charge is 0.423 e. The molecule has 0 aliphatic heterocycles. The number of aromatic nitrogens is 2. The molecule has 14 aromatic carbocycles. The normalized spacial score (nSPS) is 11.4. The standard InChI is InChI=1S/C39H27N.C21H16.C19H16BNO2/c1-26-19-24-37-35(25-26)30-13-9-10-18-36(30)40(37)29-22-20-28(21-23-29)39-33-16-7-5-14-31(33)38(27-11-3-2-4-12-27)32-15-6-8-17-34(32)39;1-15-17-11-5-7-13-19(17)21(16-9-3-2-4-10-16)20-14-8-6-12-18(15)20;1-13-6-11-19-17(12-13)16-4-2-3-5-18(16)21(19)15-9-7-14(8-10-15)20(22)23/h2-25H,1H3;2-14H,1H3;2-12,22-23H,1H3. The minimum absolute atomic E-state index is 0.491. The zero-order chi connectivity index (χ0) is 56.8. The molecule has 0 saturated heterocycles. The van der Waals surface area contributed by atoms with E-state index in [0.29, 0.717) is 5.46 Å². The van der Waals surface area contributed by atoms with E-state index in [1.54, 1.807) is 12.1 Å². The molecule has 0 bridgehead atoms. The number of hydrogen-bond donors (Lipinski definition) is 2. The van der Waals surface area contributed by atoms with E-state index in [2.05, 4.69) is 291 Å². The topological polar surface area (TPSA) is 50.3 Å². The molecular weight excluding hydrogens is 1020 g/mol. The van der Waals surface area contributed by atoms with Gasteiger partial charge >= 0.3 is 7.12 Å². The van der Waals surface area contributed by atoms with Crippen LogP contribution in [-0.2, 0) is 0 Å². The van der Waals surface area contributed by atoms with Gasteiger partial charge in [0.1, 0.15) is 0 Å². The van der Waals surface area contributed by atoms with Crippen LogP contribution in [0.1, 0.15) is 16.7 Å². The molecule has 400 valence electrons. The Morgan fingerprint density at radius 3 is 0.905 bits per heavy atom. The van der Waals surface area contributed by atoms with E-state index in [9.17, 15) is 10.0 Å². The molecule has 0 aliphatic carbocycles. The van der Waals surface area contributed by atoms with Crippen molar-refractivity contribution < 1.29 is 10.0 Å². The molecule has 0 spiro atoms. The van der Waals surface area contributed by atoms with Crippen LogP contribution < -0.4 is 5.46 Å². The lowest BCUT2D eigenvalue weighted by Crippen LogP contribution is -2.29. The van der Waals surface area contributed by atoms with Crippen LogP contribution in [0.4, 0.5) is 0 Å². The number of rotatable bonds is 6. The van der Waals surface area contributed by atoms with Crippen molar-refractivity contribution in [1.82, 2.24) is 9.13 Å². The van der Waals surface area contributed by atoms with Gasteiger partial charge in [-0.05, 0) is 169 Å². The lowest BCUT2D eigenvalue weighted by atomic mass is 9.80. The molecule has 0 radical (unpaired) electrons. The summed E-state index contributed by atoms with van der Waals surface area (Å²) in [6, 6.07) is 103. The molecule has 0 atom stereocenters. The Kier molecular flexibility index (Phi) is 13.5. The van der Waals surface area contributed by atoms with Crippen LogP contribution in [0.3, 0.4) is 0 Å². The summed E-state index contributed by atoms with van der Waals surface area (Å²) in [7, 11) is -1.44. The number of para-hydroxylation sites is 2. The molecule has 2 aromatic heterocycles. The molecule has 2 heterocycles. The van der Waals surface area contributed by atoms with Gasteiger partial charge in [-0.25, -0.2) is 0 Å². The third-order valence-electron chi connectivity index (χ3n) is 16.8. The Bertz CT molecular complexity index is 5010. The minimum atomic E-state index is -1.44. The molecule has 2 N–H and O–H groups in total. The summed E-state index contributed by atoms with van der Waals surface area (Å²) < 4.78 is 4.60. The molecule has 0 amide bonds. The first-order valence-electron chi connectivity index (χ1n) is 28.8. The van der Waals surface area contributed by atoms with Gasteiger partial charge in [-0.15, -0.1) is 0 Å². The Morgan fingerprint density at radius 2 is 0.536 bits per heavy atom. The fraction of sp³-hybridized carbons (Fsp3) is 0.0380. The van der Waals surface area contributed by atoms with Gasteiger partial charge in [0.2, 0.25) is 0 Å². The van der Waals surface area contributed by atoms with Crippen molar-refractivity contribution >= 4 is 99.3 Å². The van der Waals surface area contributed by atoms with E-state index >= 15 is 0 Å². The summed E-state index contributed by atoms with van der Waals surface area (Å²) in [6.45, 7) is 6.49. The van der Waals surface area contributed by atoms with Crippen molar-refractivity contribution in [2.24, 2.45) is 0 Å². The maximum Gasteiger partial charge on any atom is 0.488 e. The van der Waals surface area contributed by atoms with E-state index < -0.39 is 7.12 Å². The van der Waals surface area contributed by atoms with Crippen molar-refractivity contribution in [3.8, 4) is 44.8 Å². The molecule has 16 rings (SSSR count). The Labute approximate surface area is 489 Å². The summed E-state index contributed by atoms with van der Waals surface area (Å²) >= 11 is 0. The zero-order valence-electron chi connectivity index (χ0n) is 47.1. The summed E-state index contributed by atoms with van der Waals surface area (Å²) in [6.07, 6.45) is 0. The lowest BCUT2D eigenvalue weighted by Gasteiger charge is -2.18. The molecule has 0 saturated carbocycles. The lowest BCUT2D eigenvalue weighted by molar-refractivity contribution is 0.426. The molecular formula is C79H59BN2O2. The van der Waals surface area contributed by atoms with Crippen molar-refractivity contribution in [2.45, 2.75) is 20.8 Å². The van der Waals surface area contributed by atoms with Gasteiger partial charge in [0, 0.05) is 32.9 Å². The molecule has 16 aromatic rings. The van der Waals surface area contributed by atoms with Gasteiger partial charge in [0.25, 0.3) is 0 Å². The largest absolute Gasteiger partial charge is 0.488 e. The first kappa shape index (κ1) is 51.8. The maximum absolute atomic E-state index is 9.27. The highest BCUT2D eigenvalue weighted by Gasteiger charge is 2.19. The number of hydrogen-bond acceptors (Lipinski definition) is 2. The molecule has 0 fully saturated rings. The van der Waals surface area contributed by atoms with Crippen LogP contribution in [-0.4, -0.2) is 26.3 Å². The second kappa shape index (κ2) is 21.9. The Balaban J connectivity index is 0.000000121. The van der Waals surface area contributed by atoms with Gasteiger partial charge < -0.3 is 19.2 Å². The summed E-state index contributed by atoms with van der Waals surface area (Å²) in [5.74, 6) is 0. The van der Waals surface area contributed by atoms with Crippen LogP contribution >= 0.6 is 0 Å². The van der Waals surface area contributed by atoms with Gasteiger partial charge in [-0.2, -0.15) is 0 Å². The second-order valence-corrected chi connectivity index (χ2v) is 21.9. The Morgan fingerprint density at radius 1 is 0.250 bits per heavy atom. The van der Waals surface area contributed by atoms with Crippen LogP contribution in [0.15, 0.2) is 291 Å². The van der Waals surface area contributed by atoms with Crippen molar-refractivity contribution in [1.29, 1.82) is 0 Å². The number of nitrogens with zero attached hydrogens (tertiary/aromatic N) is 2. The fourth-order valence-corrected chi connectivity index (χ4v) is 12.9. The fourth-order valence-electron chi connectivity index (χ4n) is 12.9. The molecule has 0 unspecified atom stereocenters. The van der Waals surface area contributed by atoms with E-state index in [0.717, 1.165) is 16.7 Å². The summed E-state index contributed by atoms with van der Waals surface area (Å²) in [5.41, 5.74) is 19.0. The Hall–Kier alpha value is -10.3. The first-order valence-corrected chi connectivity index (χ1v) is 28.8. The average Bonchev–Trinajstić information content (AvgIpc) is 3.82. The number of aryl methyl sites for hydroxylation is 3. The second-order valence-electron chi connectivity index (χ2n) is 21.9. The number of benzene rings is 14. The quantitative estimate of drug-likeness (QED) is 0.129. The predicted molar refractivity (Wildman–Crippen MR) is 358 cm³/mol. The van der Waals surface area contributed by atoms with Crippen LogP contribution in [0, 0.1) is 20.8 Å². The van der Waals surface area contributed by atoms with Crippen molar-refractivity contribution in [3.05, 3.63) is 308 Å². The van der Waals surface area contributed by atoms with Crippen LogP contribution in [0.25, 0.3) is 131 Å². The van der Waals surface area contributed by atoms with Gasteiger partial charge in [0.15, 0.2) is 0 Å². The third kappa shape index (κ3) is 9.17. The van der Waals surface area contributed by atoms with Crippen molar-refractivity contribution in [2.75, 3.05) is 0 Å². The van der Waals surface area contributed by atoms with E-state index in [1.807, 2.05) is 18.2 Å². The monoisotopic (exact) mass is 1080 g/mol. The molecule has 0 aliphatic rings. The highest BCUT2D eigenvalue weighted by Crippen LogP contribution is 2.45. The van der Waals surface area contributed by atoms with Gasteiger partial charge in [-0.3, -0.25) is 0 Å². The summed E-state index contributed by atoms with van der Waals surface area (Å²) in [4.78, 5) is 0. The summed E-state index contributed by atoms with van der Waals surface area (Å²) in [5, 5.41) is 34.0. The number of fused-ring (bicyclic) bond motifs is 10. The van der Waals surface area contributed by atoms with Gasteiger partial charge in [-0.1, -0.05) is 242 Å². The van der Waals surface area contributed by atoms with E-state index in [-0.39, 0.29) is 0 Å². The third-order valence-corrected chi connectivity index (χ3v) is 16.8. The zero-order valence-corrected chi connectivity index (χ0v) is 47.1. The minimum Gasteiger partial charge on any atom is -0.423 e. The first-order chi connectivity index (χ1) is 41.3. The van der Waals surface area contributed by atoms with Crippen LogP contribution in [0.2, 0.25) is 0 Å². The van der Waals surface area contributed by atoms with Crippen LogP contribution in [0.5, 0.6) is 0 Å². The molecule has 5 heteroatoms. The molecule has 4 nitrogen and oxygen atoms in total. The maximum atomic E-state index is 9.27. The van der Waals surface area contributed by atoms with E-state index in [1.165, 1.54) is 131 Å². The average molecular weight is 1080 g/mol. The van der Waals surface area contributed by atoms with E-state index in [4.69, 9.17) is 0 Å². The van der Waals surface area contributed by atoms with Crippen molar-refractivity contribution in [3.63, 3.8) is 0 Å².